The van der Waals surface area contributed by atoms with Crippen molar-refractivity contribution in [1.29, 1.82) is 0 Å². The molecule has 1 aromatic carbocycles. The second-order valence-corrected chi connectivity index (χ2v) is 7.52. The van der Waals surface area contributed by atoms with E-state index >= 15 is 0 Å². The minimum absolute atomic E-state index is 0. The van der Waals surface area contributed by atoms with E-state index in [-0.39, 0.29) is 48.4 Å². The average molecular weight is 429 g/mol. The molecule has 7 nitrogen and oxygen atoms in total. The SMILES string of the molecule is Cl.NCCNC(=O)C1CCCN(C(=O)C2CC(=O)N(c3ccc(Cl)cc3)C2)C1. The van der Waals surface area contributed by atoms with Crippen LogP contribution in [0.5, 0.6) is 0 Å². The van der Waals surface area contributed by atoms with Crippen LogP contribution in [0.15, 0.2) is 24.3 Å². The lowest BCUT2D eigenvalue weighted by atomic mass is 9.95. The summed E-state index contributed by atoms with van der Waals surface area (Å²) in [4.78, 5) is 40.9. The van der Waals surface area contributed by atoms with Gasteiger partial charge in [0.2, 0.25) is 17.7 Å². The number of nitrogens with two attached hydrogens (primary N) is 1. The summed E-state index contributed by atoms with van der Waals surface area (Å²) in [7, 11) is 0. The molecule has 2 saturated heterocycles. The first-order chi connectivity index (χ1) is 13.0. The van der Waals surface area contributed by atoms with Crippen LogP contribution in [-0.4, -0.2) is 55.3 Å². The molecule has 2 unspecified atom stereocenters. The smallest absolute Gasteiger partial charge is 0.228 e. The van der Waals surface area contributed by atoms with Gasteiger partial charge in [-0.1, -0.05) is 11.6 Å². The molecule has 2 heterocycles. The summed E-state index contributed by atoms with van der Waals surface area (Å²) in [5.74, 6) is -0.748. The number of rotatable bonds is 5. The molecule has 9 heteroatoms. The number of carbonyl (C=O) groups is 3. The van der Waals surface area contributed by atoms with Gasteiger partial charge in [0.1, 0.15) is 0 Å². The number of nitrogens with zero attached hydrogens (tertiary/aromatic N) is 2. The van der Waals surface area contributed by atoms with Gasteiger partial charge in [0, 0.05) is 49.9 Å². The highest BCUT2D eigenvalue weighted by atomic mass is 35.5. The number of benzene rings is 1. The minimum atomic E-state index is -0.376. The molecule has 0 bridgehead atoms. The van der Waals surface area contributed by atoms with Gasteiger partial charge in [-0.05, 0) is 37.1 Å². The van der Waals surface area contributed by atoms with E-state index in [2.05, 4.69) is 5.32 Å². The maximum atomic E-state index is 12.9. The molecule has 2 atom stereocenters. The Balaban J connectivity index is 0.00000280. The highest BCUT2D eigenvalue weighted by molar-refractivity contribution is 6.30. The fourth-order valence-corrected chi connectivity index (χ4v) is 3.86. The molecule has 3 N–H and O–H groups in total. The number of anilines is 1. The Labute approximate surface area is 176 Å². The summed E-state index contributed by atoms with van der Waals surface area (Å²) in [5.41, 5.74) is 6.17. The monoisotopic (exact) mass is 428 g/mol. The van der Waals surface area contributed by atoms with E-state index in [9.17, 15) is 14.4 Å². The number of hydrogen-bond donors (Lipinski definition) is 2. The van der Waals surface area contributed by atoms with Gasteiger partial charge in [0.15, 0.2) is 0 Å². The molecule has 0 aromatic heterocycles. The van der Waals surface area contributed by atoms with E-state index in [4.69, 9.17) is 17.3 Å². The van der Waals surface area contributed by atoms with Crippen LogP contribution >= 0.6 is 24.0 Å². The maximum Gasteiger partial charge on any atom is 0.228 e. The van der Waals surface area contributed by atoms with Crippen LogP contribution < -0.4 is 16.0 Å². The summed E-state index contributed by atoms with van der Waals surface area (Å²) in [6.07, 6.45) is 1.75. The van der Waals surface area contributed by atoms with E-state index in [1.165, 1.54) is 0 Å². The number of piperidine rings is 1. The first-order valence-corrected chi connectivity index (χ1v) is 9.70. The van der Waals surface area contributed by atoms with Gasteiger partial charge < -0.3 is 20.9 Å². The molecule has 3 rings (SSSR count). The highest BCUT2D eigenvalue weighted by Crippen LogP contribution is 2.28. The molecule has 0 spiro atoms. The number of carbonyl (C=O) groups excluding carboxylic acids is 3. The van der Waals surface area contributed by atoms with Gasteiger partial charge in [0.05, 0.1) is 11.8 Å². The first kappa shape index (κ1) is 22.5. The fraction of sp³-hybridized carbons (Fsp3) is 0.526. The van der Waals surface area contributed by atoms with Gasteiger partial charge >= 0.3 is 0 Å². The van der Waals surface area contributed by atoms with Crippen molar-refractivity contribution in [3.05, 3.63) is 29.3 Å². The Morgan fingerprint density at radius 1 is 1.18 bits per heavy atom. The van der Waals surface area contributed by atoms with Crippen molar-refractivity contribution < 1.29 is 14.4 Å². The predicted octanol–water partition coefficient (Wildman–Crippen LogP) is 1.43. The third-order valence-corrected chi connectivity index (χ3v) is 5.41. The van der Waals surface area contributed by atoms with Crippen molar-refractivity contribution in [2.45, 2.75) is 19.3 Å². The largest absolute Gasteiger partial charge is 0.355 e. The van der Waals surface area contributed by atoms with Crippen molar-refractivity contribution in [3.63, 3.8) is 0 Å². The zero-order valence-corrected chi connectivity index (χ0v) is 17.2. The number of likely N-dealkylation sites (tertiary alicyclic amines) is 1. The number of halogens is 2. The van der Waals surface area contributed by atoms with Gasteiger partial charge in [-0.25, -0.2) is 0 Å². The standard InChI is InChI=1S/C19H25ClN4O3.ClH/c20-15-3-5-16(6-4-15)24-12-14(10-17(24)25)19(27)23-9-1-2-13(11-23)18(26)22-8-7-21;/h3-6,13-14H,1-2,7-12,21H2,(H,22,26);1H. The summed E-state index contributed by atoms with van der Waals surface area (Å²) in [6.45, 7) is 2.23. The Morgan fingerprint density at radius 3 is 2.57 bits per heavy atom. The Morgan fingerprint density at radius 2 is 1.89 bits per heavy atom. The lowest BCUT2D eigenvalue weighted by Gasteiger charge is -2.33. The zero-order chi connectivity index (χ0) is 19.4. The van der Waals surface area contributed by atoms with E-state index in [1.54, 1.807) is 34.1 Å². The van der Waals surface area contributed by atoms with E-state index < -0.39 is 0 Å². The van der Waals surface area contributed by atoms with E-state index in [1.807, 2.05) is 0 Å². The number of amides is 3. The Kier molecular flexibility index (Phi) is 8.10. The topological polar surface area (TPSA) is 95.7 Å². The lowest BCUT2D eigenvalue weighted by Crippen LogP contribution is -2.48. The second kappa shape index (κ2) is 10.1. The molecule has 154 valence electrons. The van der Waals surface area contributed by atoms with Gasteiger partial charge in [-0.2, -0.15) is 0 Å². The van der Waals surface area contributed by atoms with Crippen molar-refractivity contribution in [2.24, 2.45) is 17.6 Å². The maximum absolute atomic E-state index is 12.9. The number of nitrogens with one attached hydrogen (secondary N) is 1. The fourth-order valence-electron chi connectivity index (χ4n) is 3.73. The second-order valence-electron chi connectivity index (χ2n) is 7.08. The molecule has 1 aromatic rings. The number of hydrogen-bond acceptors (Lipinski definition) is 4. The van der Waals surface area contributed by atoms with E-state index in [0.717, 1.165) is 18.5 Å². The molecule has 28 heavy (non-hydrogen) atoms. The molecule has 2 fully saturated rings. The predicted molar refractivity (Wildman–Crippen MR) is 111 cm³/mol. The van der Waals surface area contributed by atoms with Gasteiger partial charge in [-0.3, -0.25) is 14.4 Å². The van der Waals surface area contributed by atoms with Crippen LogP contribution in [0.2, 0.25) is 5.02 Å². The van der Waals surface area contributed by atoms with Gasteiger partial charge in [-0.15, -0.1) is 12.4 Å². The molecule has 0 aliphatic carbocycles. The lowest BCUT2D eigenvalue weighted by molar-refractivity contribution is -0.139. The van der Waals surface area contributed by atoms with Crippen LogP contribution in [0.1, 0.15) is 19.3 Å². The van der Waals surface area contributed by atoms with Crippen molar-refractivity contribution in [1.82, 2.24) is 10.2 Å². The summed E-state index contributed by atoms with van der Waals surface area (Å²) in [6, 6.07) is 7.03. The normalized spacial score (nSPS) is 22.0. The average Bonchev–Trinajstić information content (AvgIpc) is 3.08. The summed E-state index contributed by atoms with van der Waals surface area (Å²) in [5, 5.41) is 3.40. The summed E-state index contributed by atoms with van der Waals surface area (Å²) < 4.78 is 0. The Bertz CT molecular complexity index is 714. The van der Waals surface area contributed by atoms with Crippen LogP contribution in [0.4, 0.5) is 5.69 Å². The molecule has 0 saturated carbocycles. The van der Waals surface area contributed by atoms with Crippen LogP contribution in [0.25, 0.3) is 0 Å². The first-order valence-electron chi connectivity index (χ1n) is 9.32. The van der Waals surface area contributed by atoms with E-state index in [0.29, 0.717) is 37.7 Å². The molecular formula is C19H26Cl2N4O3. The molecule has 0 radical (unpaired) electrons. The molecular weight excluding hydrogens is 403 g/mol. The van der Waals surface area contributed by atoms with Crippen LogP contribution in [0.3, 0.4) is 0 Å². The van der Waals surface area contributed by atoms with Crippen molar-refractivity contribution >= 4 is 47.4 Å². The highest BCUT2D eigenvalue weighted by Gasteiger charge is 2.39. The van der Waals surface area contributed by atoms with Crippen molar-refractivity contribution in [3.8, 4) is 0 Å². The molecule has 3 amide bonds. The molecule has 2 aliphatic rings. The molecule has 2 aliphatic heterocycles. The van der Waals surface area contributed by atoms with Gasteiger partial charge in [0.25, 0.3) is 0 Å². The minimum Gasteiger partial charge on any atom is -0.355 e. The van der Waals surface area contributed by atoms with Crippen LogP contribution in [-0.2, 0) is 14.4 Å². The Hall–Kier alpha value is -1.83. The third-order valence-electron chi connectivity index (χ3n) is 5.16. The zero-order valence-electron chi connectivity index (χ0n) is 15.6. The van der Waals surface area contributed by atoms with Crippen LogP contribution in [0, 0.1) is 11.8 Å². The van der Waals surface area contributed by atoms with Crippen molar-refractivity contribution in [2.75, 3.05) is 37.6 Å². The quantitative estimate of drug-likeness (QED) is 0.740. The third kappa shape index (κ3) is 5.16. The summed E-state index contributed by atoms with van der Waals surface area (Å²) >= 11 is 5.90.